The highest BCUT2D eigenvalue weighted by Gasteiger charge is 2.10. The van der Waals surface area contributed by atoms with Crippen molar-refractivity contribution < 1.29 is 5.21 Å². The van der Waals surface area contributed by atoms with E-state index < -0.39 is 0 Å². The van der Waals surface area contributed by atoms with Crippen LogP contribution in [0.1, 0.15) is 18.1 Å². The van der Waals surface area contributed by atoms with E-state index in [1.807, 2.05) is 24.3 Å². The molecule has 0 fully saturated rings. The summed E-state index contributed by atoms with van der Waals surface area (Å²) in [4.78, 5) is 6.19. The molecule has 1 heterocycles. The Morgan fingerprint density at radius 2 is 2.05 bits per heavy atom. The summed E-state index contributed by atoms with van der Waals surface area (Å²) in [6.07, 6.45) is 3.55. The lowest BCUT2D eigenvalue weighted by molar-refractivity contribution is 0.318. The fraction of sp³-hybridized carbons (Fsp3) is 0.200. The summed E-state index contributed by atoms with van der Waals surface area (Å²) in [6, 6.07) is 9.44. The summed E-state index contributed by atoms with van der Waals surface area (Å²) >= 11 is 6.20. The predicted octanol–water partition coefficient (Wildman–Crippen LogP) is 2.86. The smallest absolute Gasteiger partial charge is 0.171 e. The summed E-state index contributed by atoms with van der Waals surface area (Å²) in [5.41, 5.74) is 8.24. The van der Waals surface area contributed by atoms with Crippen LogP contribution in [0.15, 0.2) is 47.9 Å². The van der Waals surface area contributed by atoms with Crippen molar-refractivity contribution in [1.82, 2.24) is 4.98 Å². The summed E-state index contributed by atoms with van der Waals surface area (Å²) in [7, 11) is 0. The van der Waals surface area contributed by atoms with Gasteiger partial charge in [-0.25, -0.2) is 0 Å². The minimum Gasteiger partial charge on any atom is -0.409 e. The highest BCUT2D eigenvalue weighted by molar-refractivity contribution is 6.34. The van der Waals surface area contributed by atoms with Crippen LogP contribution in [-0.4, -0.2) is 22.6 Å². The topological polar surface area (TPSA) is 74.7 Å². The Bertz CT molecular complexity index is 631. The molecule has 21 heavy (non-hydrogen) atoms. The van der Waals surface area contributed by atoms with Crippen LogP contribution < -0.4 is 10.6 Å². The van der Waals surface area contributed by atoms with Crippen molar-refractivity contribution in [2.75, 3.05) is 11.4 Å². The van der Waals surface area contributed by atoms with Crippen LogP contribution in [0.3, 0.4) is 0 Å². The molecule has 0 aliphatic heterocycles. The van der Waals surface area contributed by atoms with Crippen molar-refractivity contribution in [3.63, 3.8) is 0 Å². The number of hydrogen-bond acceptors (Lipinski definition) is 4. The van der Waals surface area contributed by atoms with Crippen molar-refractivity contribution in [2.24, 2.45) is 10.9 Å². The van der Waals surface area contributed by atoms with E-state index in [9.17, 15) is 0 Å². The van der Waals surface area contributed by atoms with Crippen LogP contribution in [0.5, 0.6) is 0 Å². The number of amidine groups is 1. The highest BCUT2D eigenvalue weighted by Crippen LogP contribution is 2.24. The third kappa shape index (κ3) is 3.64. The second-order valence-electron chi connectivity index (χ2n) is 4.52. The summed E-state index contributed by atoms with van der Waals surface area (Å²) in [5.74, 6) is 0.00346. The first-order chi connectivity index (χ1) is 10.2. The Kier molecular flexibility index (Phi) is 5.00. The van der Waals surface area contributed by atoms with Gasteiger partial charge in [-0.1, -0.05) is 16.8 Å². The molecule has 0 atom stereocenters. The number of aromatic nitrogens is 1. The minimum atomic E-state index is 0.00346. The van der Waals surface area contributed by atoms with Crippen LogP contribution in [0.4, 0.5) is 5.69 Å². The second-order valence-corrected chi connectivity index (χ2v) is 4.93. The molecule has 0 amide bonds. The number of rotatable bonds is 5. The van der Waals surface area contributed by atoms with Gasteiger partial charge >= 0.3 is 0 Å². The average molecular weight is 305 g/mol. The lowest BCUT2D eigenvalue weighted by Crippen LogP contribution is -2.22. The van der Waals surface area contributed by atoms with Crippen LogP contribution in [-0.2, 0) is 6.54 Å². The largest absolute Gasteiger partial charge is 0.409 e. The zero-order valence-electron chi connectivity index (χ0n) is 11.7. The van der Waals surface area contributed by atoms with E-state index in [2.05, 4.69) is 22.0 Å². The molecule has 0 radical (unpaired) electrons. The number of oxime groups is 1. The van der Waals surface area contributed by atoms with Crippen molar-refractivity contribution in [1.29, 1.82) is 0 Å². The zero-order valence-corrected chi connectivity index (χ0v) is 12.5. The molecule has 3 N–H and O–H groups in total. The number of benzene rings is 1. The average Bonchev–Trinajstić information content (AvgIpc) is 2.52. The number of halogens is 1. The van der Waals surface area contributed by atoms with Gasteiger partial charge in [-0.2, -0.15) is 0 Å². The van der Waals surface area contributed by atoms with Gasteiger partial charge in [-0.15, -0.1) is 0 Å². The molecule has 1 aromatic carbocycles. The summed E-state index contributed by atoms with van der Waals surface area (Å²) < 4.78 is 0. The zero-order chi connectivity index (χ0) is 15.2. The van der Waals surface area contributed by atoms with E-state index in [-0.39, 0.29) is 5.84 Å². The molecule has 1 aromatic heterocycles. The quantitative estimate of drug-likeness (QED) is 0.385. The first-order valence-corrected chi connectivity index (χ1v) is 6.94. The molecule has 2 rings (SSSR count). The molecule has 110 valence electrons. The number of anilines is 1. The molecule has 0 aliphatic carbocycles. The molecule has 0 saturated heterocycles. The molecule has 0 spiro atoms. The van der Waals surface area contributed by atoms with Gasteiger partial charge in [-0.3, -0.25) is 4.98 Å². The number of pyridine rings is 1. The molecule has 0 unspecified atom stereocenters. The van der Waals surface area contributed by atoms with E-state index in [1.165, 1.54) is 5.56 Å². The standard InChI is InChI=1S/C15H17ClN4O/c1-2-20(10-11-5-7-18-8-6-11)12-3-4-13(14(16)9-12)15(17)19-21/h3-9,21H,2,10H2,1H3,(H2,17,19). The van der Waals surface area contributed by atoms with Crippen molar-refractivity contribution >= 4 is 23.1 Å². The molecule has 2 aromatic rings. The normalized spacial score (nSPS) is 11.4. The first-order valence-electron chi connectivity index (χ1n) is 6.57. The van der Waals surface area contributed by atoms with Gasteiger partial charge < -0.3 is 15.8 Å². The van der Waals surface area contributed by atoms with Gasteiger partial charge in [0.2, 0.25) is 0 Å². The molecular weight excluding hydrogens is 288 g/mol. The van der Waals surface area contributed by atoms with E-state index in [1.54, 1.807) is 18.5 Å². The van der Waals surface area contributed by atoms with E-state index in [4.69, 9.17) is 22.5 Å². The molecule has 6 heteroatoms. The SMILES string of the molecule is CCN(Cc1ccncc1)c1ccc(C(N)=NO)c(Cl)c1. The van der Waals surface area contributed by atoms with Gasteiger partial charge in [0.05, 0.1) is 5.02 Å². The minimum absolute atomic E-state index is 0.00346. The Morgan fingerprint density at radius 1 is 1.33 bits per heavy atom. The lowest BCUT2D eigenvalue weighted by atomic mass is 10.1. The molecule has 0 aliphatic rings. The second kappa shape index (κ2) is 6.95. The van der Waals surface area contributed by atoms with Crippen LogP contribution in [0.2, 0.25) is 5.02 Å². The van der Waals surface area contributed by atoms with Gasteiger partial charge in [0.25, 0.3) is 0 Å². The monoisotopic (exact) mass is 304 g/mol. The third-order valence-corrected chi connectivity index (χ3v) is 3.52. The van der Waals surface area contributed by atoms with Crippen molar-refractivity contribution in [2.45, 2.75) is 13.5 Å². The molecule has 0 saturated carbocycles. The number of nitrogens with two attached hydrogens (primary N) is 1. The van der Waals surface area contributed by atoms with E-state index in [0.717, 1.165) is 18.8 Å². The maximum absolute atomic E-state index is 8.72. The Hall–Kier alpha value is -2.27. The van der Waals surface area contributed by atoms with Crippen LogP contribution >= 0.6 is 11.6 Å². The number of nitrogens with zero attached hydrogens (tertiary/aromatic N) is 3. The Labute approximate surface area is 128 Å². The van der Waals surface area contributed by atoms with Crippen LogP contribution in [0.25, 0.3) is 0 Å². The molecular formula is C15H17ClN4O. The number of hydrogen-bond donors (Lipinski definition) is 2. The van der Waals surface area contributed by atoms with Gasteiger partial charge in [-0.05, 0) is 42.8 Å². The molecule has 0 bridgehead atoms. The first kappa shape index (κ1) is 15.1. The Balaban J connectivity index is 2.25. The fourth-order valence-corrected chi connectivity index (χ4v) is 2.33. The predicted molar refractivity (Wildman–Crippen MR) is 84.9 cm³/mol. The maximum atomic E-state index is 8.72. The van der Waals surface area contributed by atoms with Gasteiger partial charge in [0.15, 0.2) is 5.84 Å². The fourth-order valence-electron chi connectivity index (χ4n) is 2.06. The van der Waals surface area contributed by atoms with Crippen molar-refractivity contribution in [3.05, 3.63) is 58.9 Å². The van der Waals surface area contributed by atoms with Gasteiger partial charge in [0, 0.05) is 36.7 Å². The lowest BCUT2D eigenvalue weighted by Gasteiger charge is -2.23. The van der Waals surface area contributed by atoms with Crippen molar-refractivity contribution in [3.8, 4) is 0 Å². The Morgan fingerprint density at radius 3 is 2.62 bits per heavy atom. The van der Waals surface area contributed by atoms with Gasteiger partial charge in [0.1, 0.15) is 0 Å². The summed E-state index contributed by atoms with van der Waals surface area (Å²) in [5, 5.41) is 12.1. The highest BCUT2D eigenvalue weighted by atomic mass is 35.5. The molecule has 5 nitrogen and oxygen atoms in total. The maximum Gasteiger partial charge on any atom is 0.171 e. The third-order valence-electron chi connectivity index (χ3n) is 3.21. The van der Waals surface area contributed by atoms with Crippen LogP contribution in [0, 0.1) is 0 Å². The summed E-state index contributed by atoms with van der Waals surface area (Å²) in [6.45, 7) is 3.67. The van der Waals surface area contributed by atoms with E-state index in [0.29, 0.717) is 10.6 Å². The van der Waals surface area contributed by atoms with E-state index >= 15 is 0 Å².